The number of carbonyl (C=O) groups excluding carboxylic acids is 1. The molecule has 0 aromatic heterocycles. The quantitative estimate of drug-likeness (QED) is 0.438. The summed E-state index contributed by atoms with van der Waals surface area (Å²) in [5.41, 5.74) is 6.76. The van der Waals surface area contributed by atoms with E-state index in [1.165, 1.54) is 0 Å². The lowest BCUT2D eigenvalue weighted by Crippen LogP contribution is -2.00. The van der Waals surface area contributed by atoms with Gasteiger partial charge in [0, 0.05) is 24.1 Å². The van der Waals surface area contributed by atoms with Crippen molar-refractivity contribution in [3.8, 4) is 0 Å². The maximum absolute atomic E-state index is 11.6. The number of hydrogen-bond donors (Lipinski definition) is 2. The lowest BCUT2D eigenvalue weighted by atomic mass is 10.0. The zero-order chi connectivity index (χ0) is 12.0. The third-order valence-corrected chi connectivity index (χ3v) is 2.28. The van der Waals surface area contributed by atoms with Crippen molar-refractivity contribution in [1.29, 1.82) is 0 Å². The molecular weight excluding hydrogens is 206 g/mol. The first-order valence-electron chi connectivity index (χ1n) is 5.20. The van der Waals surface area contributed by atoms with Crippen LogP contribution in [0.15, 0.2) is 24.3 Å². The molecule has 0 unspecified atom stereocenters. The van der Waals surface area contributed by atoms with Gasteiger partial charge < -0.3 is 10.8 Å². The summed E-state index contributed by atoms with van der Waals surface area (Å²) >= 11 is 0. The zero-order valence-electron chi connectivity index (χ0n) is 8.98. The summed E-state index contributed by atoms with van der Waals surface area (Å²) in [6.07, 6.45) is 1.65. The van der Waals surface area contributed by atoms with Gasteiger partial charge in [-0.1, -0.05) is 0 Å². The molecule has 0 aliphatic heterocycles. The number of carboxylic acid groups (broad SMARTS) is 1. The molecule has 16 heavy (non-hydrogen) atoms. The van der Waals surface area contributed by atoms with E-state index >= 15 is 0 Å². The minimum atomic E-state index is -0.820. The first-order valence-corrected chi connectivity index (χ1v) is 5.20. The number of anilines is 1. The number of aliphatic carboxylic acids is 1. The van der Waals surface area contributed by atoms with Gasteiger partial charge in [0.05, 0.1) is 0 Å². The van der Waals surface area contributed by atoms with Crippen LogP contribution in [0.1, 0.15) is 36.0 Å². The molecule has 0 atom stereocenters. The molecule has 0 fully saturated rings. The number of hydrogen-bond acceptors (Lipinski definition) is 3. The van der Waals surface area contributed by atoms with Crippen molar-refractivity contribution in [2.75, 3.05) is 5.73 Å². The summed E-state index contributed by atoms with van der Waals surface area (Å²) < 4.78 is 0. The predicted molar refractivity (Wildman–Crippen MR) is 61.3 cm³/mol. The standard InChI is InChI=1S/C12H15NO3/c13-10-7-5-9(6-8-10)11(14)3-1-2-4-12(15)16/h5-8H,1-4,13H2,(H,15,16). The van der Waals surface area contributed by atoms with Gasteiger partial charge in [0.25, 0.3) is 0 Å². The number of nitrogens with two attached hydrogens (primary N) is 1. The first kappa shape index (κ1) is 12.2. The average molecular weight is 221 g/mol. The van der Waals surface area contributed by atoms with Gasteiger partial charge in [-0.15, -0.1) is 0 Å². The van der Waals surface area contributed by atoms with Crippen LogP contribution in [0.5, 0.6) is 0 Å². The van der Waals surface area contributed by atoms with E-state index in [0.29, 0.717) is 30.5 Å². The fraction of sp³-hybridized carbons (Fsp3) is 0.333. The largest absolute Gasteiger partial charge is 0.481 e. The molecule has 0 bridgehead atoms. The Hall–Kier alpha value is -1.84. The molecule has 0 saturated carbocycles. The molecule has 1 aromatic rings. The number of benzene rings is 1. The fourth-order valence-electron chi connectivity index (χ4n) is 1.38. The second-order valence-electron chi connectivity index (χ2n) is 3.65. The van der Waals surface area contributed by atoms with Crippen molar-refractivity contribution in [1.82, 2.24) is 0 Å². The Balaban J connectivity index is 2.35. The maximum Gasteiger partial charge on any atom is 0.303 e. The Labute approximate surface area is 94.1 Å². The Bertz CT molecular complexity index is 370. The number of carbonyl (C=O) groups is 2. The second kappa shape index (κ2) is 5.90. The van der Waals surface area contributed by atoms with Crippen LogP contribution in [-0.4, -0.2) is 16.9 Å². The summed E-state index contributed by atoms with van der Waals surface area (Å²) in [6, 6.07) is 6.75. The number of carboxylic acids is 1. The van der Waals surface area contributed by atoms with Gasteiger partial charge in [-0.25, -0.2) is 0 Å². The van der Waals surface area contributed by atoms with Crippen molar-refractivity contribution < 1.29 is 14.7 Å². The molecule has 1 aromatic carbocycles. The Morgan fingerprint density at radius 2 is 1.62 bits per heavy atom. The van der Waals surface area contributed by atoms with Gasteiger partial charge in [0.1, 0.15) is 0 Å². The number of unbranched alkanes of at least 4 members (excludes halogenated alkanes) is 1. The van der Waals surface area contributed by atoms with E-state index in [-0.39, 0.29) is 12.2 Å². The number of nitrogen functional groups attached to an aromatic ring is 1. The molecule has 1 rings (SSSR count). The third-order valence-electron chi connectivity index (χ3n) is 2.28. The van der Waals surface area contributed by atoms with Crippen LogP contribution in [0.2, 0.25) is 0 Å². The molecule has 0 radical (unpaired) electrons. The van der Waals surface area contributed by atoms with Gasteiger partial charge in [-0.2, -0.15) is 0 Å². The van der Waals surface area contributed by atoms with Crippen LogP contribution in [0.4, 0.5) is 5.69 Å². The normalized spacial score (nSPS) is 10.0. The Kier molecular flexibility index (Phi) is 4.51. The van der Waals surface area contributed by atoms with Crippen LogP contribution in [-0.2, 0) is 4.79 Å². The van der Waals surface area contributed by atoms with Crippen LogP contribution in [0.3, 0.4) is 0 Å². The first-order chi connectivity index (χ1) is 7.59. The minimum Gasteiger partial charge on any atom is -0.481 e. The molecule has 4 nitrogen and oxygen atoms in total. The fourth-order valence-corrected chi connectivity index (χ4v) is 1.38. The summed E-state index contributed by atoms with van der Waals surface area (Å²) in [6.45, 7) is 0. The molecule has 86 valence electrons. The third kappa shape index (κ3) is 4.13. The maximum atomic E-state index is 11.6. The number of Topliss-reactive ketones (excluding diaryl/α,β-unsaturated/α-hetero) is 1. The SMILES string of the molecule is Nc1ccc(C(=O)CCCCC(=O)O)cc1. The Morgan fingerprint density at radius 1 is 1.06 bits per heavy atom. The lowest BCUT2D eigenvalue weighted by molar-refractivity contribution is -0.137. The highest BCUT2D eigenvalue weighted by Crippen LogP contribution is 2.10. The van der Waals surface area contributed by atoms with Gasteiger partial charge in [-0.3, -0.25) is 9.59 Å². The van der Waals surface area contributed by atoms with E-state index in [4.69, 9.17) is 10.8 Å². The Morgan fingerprint density at radius 3 is 2.19 bits per heavy atom. The smallest absolute Gasteiger partial charge is 0.303 e. The highest BCUT2D eigenvalue weighted by molar-refractivity contribution is 5.96. The van der Waals surface area contributed by atoms with Gasteiger partial charge >= 0.3 is 5.97 Å². The van der Waals surface area contributed by atoms with E-state index in [9.17, 15) is 9.59 Å². The summed E-state index contributed by atoms with van der Waals surface area (Å²) in [5, 5.41) is 8.43. The van der Waals surface area contributed by atoms with Crippen LogP contribution >= 0.6 is 0 Å². The van der Waals surface area contributed by atoms with Crippen molar-refractivity contribution in [2.24, 2.45) is 0 Å². The molecule has 0 spiro atoms. The monoisotopic (exact) mass is 221 g/mol. The predicted octanol–water partition coefficient (Wildman–Crippen LogP) is 2.10. The van der Waals surface area contributed by atoms with Crippen molar-refractivity contribution >= 4 is 17.4 Å². The second-order valence-corrected chi connectivity index (χ2v) is 3.65. The number of ketones is 1. The summed E-state index contributed by atoms with van der Waals surface area (Å²) in [7, 11) is 0. The molecule has 3 N–H and O–H groups in total. The highest BCUT2D eigenvalue weighted by Gasteiger charge is 2.05. The van der Waals surface area contributed by atoms with Gasteiger partial charge in [0.2, 0.25) is 0 Å². The van der Waals surface area contributed by atoms with E-state index in [1.807, 2.05) is 0 Å². The van der Waals surface area contributed by atoms with E-state index in [0.717, 1.165) is 0 Å². The summed E-state index contributed by atoms with van der Waals surface area (Å²) in [5.74, 6) is -0.787. The highest BCUT2D eigenvalue weighted by atomic mass is 16.4. The topological polar surface area (TPSA) is 80.4 Å². The van der Waals surface area contributed by atoms with Crippen LogP contribution in [0.25, 0.3) is 0 Å². The van der Waals surface area contributed by atoms with Crippen molar-refractivity contribution in [3.63, 3.8) is 0 Å². The summed E-state index contributed by atoms with van der Waals surface area (Å²) in [4.78, 5) is 21.9. The van der Waals surface area contributed by atoms with E-state index in [1.54, 1.807) is 24.3 Å². The van der Waals surface area contributed by atoms with E-state index < -0.39 is 5.97 Å². The molecule has 0 amide bonds. The van der Waals surface area contributed by atoms with Crippen LogP contribution < -0.4 is 5.73 Å². The van der Waals surface area contributed by atoms with Crippen molar-refractivity contribution in [2.45, 2.75) is 25.7 Å². The molecule has 0 heterocycles. The lowest BCUT2D eigenvalue weighted by Gasteiger charge is -2.01. The molecule has 0 aliphatic rings. The average Bonchev–Trinajstić information content (AvgIpc) is 2.25. The van der Waals surface area contributed by atoms with Gasteiger partial charge in [0.15, 0.2) is 5.78 Å². The molecule has 4 heteroatoms. The van der Waals surface area contributed by atoms with E-state index in [2.05, 4.69) is 0 Å². The van der Waals surface area contributed by atoms with Crippen LogP contribution in [0, 0.1) is 0 Å². The van der Waals surface area contributed by atoms with Gasteiger partial charge in [-0.05, 0) is 37.1 Å². The zero-order valence-corrected chi connectivity index (χ0v) is 8.98. The molecule has 0 saturated heterocycles. The van der Waals surface area contributed by atoms with Crippen molar-refractivity contribution in [3.05, 3.63) is 29.8 Å². The number of rotatable bonds is 6. The molecular formula is C12H15NO3. The minimum absolute atomic E-state index is 0.0328. The molecule has 0 aliphatic carbocycles.